The van der Waals surface area contributed by atoms with E-state index in [0.717, 1.165) is 49.3 Å². The van der Waals surface area contributed by atoms with Gasteiger partial charge in [-0.2, -0.15) is 0 Å². The molecule has 4 nitrogen and oxygen atoms in total. The van der Waals surface area contributed by atoms with E-state index in [2.05, 4.69) is 32.8 Å². The number of hydrogen-bond donors (Lipinski definition) is 0. The third-order valence-corrected chi connectivity index (χ3v) is 4.49. The first-order valence-electron chi connectivity index (χ1n) is 6.26. The normalized spacial score (nSPS) is 15.9. The maximum atomic E-state index is 5.43. The maximum absolute atomic E-state index is 5.43. The van der Waals surface area contributed by atoms with E-state index in [-0.39, 0.29) is 0 Å². The molecule has 18 heavy (non-hydrogen) atoms. The second kappa shape index (κ2) is 7.11. The summed E-state index contributed by atoms with van der Waals surface area (Å²) >= 11 is 7.22. The second-order valence-electron chi connectivity index (χ2n) is 4.38. The predicted octanol–water partition coefficient (Wildman–Crippen LogP) is 1.05. The van der Waals surface area contributed by atoms with Gasteiger partial charge in [-0.3, -0.25) is 0 Å². The van der Waals surface area contributed by atoms with Crippen molar-refractivity contribution in [1.29, 1.82) is 0 Å². The quantitative estimate of drug-likeness (QED) is 0.468. The lowest BCUT2D eigenvalue weighted by atomic mass is 10.5. The molecule has 0 aliphatic carbocycles. The molecule has 2 heterocycles. The molecule has 1 aliphatic heterocycles. The highest BCUT2D eigenvalue weighted by molar-refractivity contribution is 8.22. The first-order chi connectivity index (χ1) is 8.75. The summed E-state index contributed by atoms with van der Waals surface area (Å²) in [5.41, 5.74) is 0. The number of ether oxygens (including phenoxy) is 1. The highest BCUT2D eigenvalue weighted by Crippen LogP contribution is 2.12. The van der Waals surface area contributed by atoms with Crippen LogP contribution in [0, 0.1) is 0 Å². The van der Waals surface area contributed by atoms with Gasteiger partial charge in [0.05, 0.1) is 26.8 Å². The van der Waals surface area contributed by atoms with E-state index in [1.165, 1.54) is 0 Å². The molecule has 0 amide bonds. The van der Waals surface area contributed by atoms with Gasteiger partial charge in [-0.15, -0.1) is 0 Å². The highest BCUT2D eigenvalue weighted by Gasteiger charge is 2.13. The highest BCUT2D eigenvalue weighted by atomic mass is 32.2. The predicted molar refractivity (Wildman–Crippen MR) is 77.7 cm³/mol. The van der Waals surface area contributed by atoms with E-state index in [1.54, 1.807) is 11.8 Å². The van der Waals surface area contributed by atoms with Crippen LogP contribution in [-0.4, -0.2) is 45.8 Å². The maximum Gasteiger partial charge on any atom is 0.243 e. The molecule has 0 unspecified atom stereocenters. The number of hydrogen-bond acceptors (Lipinski definition) is 3. The number of nitrogens with zero attached hydrogens (tertiary/aromatic N) is 3. The first kappa shape index (κ1) is 13.8. The minimum atomic E-state index is 0.806. The number of aryl methyl sites for hydroxylation is 2. The van der Waals surface area contributed by atoms with Crippen molar-refractivity contribution in [2.75, 3.05) is 32.1 Å². The second-order valence-corrected chi connectivity index (χ2v) is 6.11. The summed E-state index contributed by atoms with van der Waals surface area (Å²) in [6, 6.07) is 0. The molecule has 1 aromatic heterocycles. The van der Waals surface area contributed by atoms with Crippen LogP contribution >= 0.6 is 24.0 Å². The van der Waals surface area contributed by atoms with E-state index in [4.69, 9.17) is 17.0 Å². The molecule has 0 spiro atoms. The molecule has 0 atom stereocenters. The number of thioether (sulfide) groups is 1. The summed E-state index contributed by atoms with van der Waals surface area (Å²) in [4.78, 5) is 2.25. The van der Waals surface area contributed by atoms with Crippen LogP contribution < -0.4 is 4.57 Å². The van der Waals surface area contributed by atoms with E-state index >= 15 is 0 Å². The van der Waals surface area contributed by atoms with Crippen LogP contribution in [0.2, 0.25) is 0 Å². The van der Waals surface area contributed by atoms with Crippen molar-refractivity contribution < 1.29 is 9.30 Å². The van der Waals surface area contributed by atoms with Gasteiger partial charge >= 0.3 is 0 Å². The standard InChI is InChI=1S/C12H20N3OS2/c1-13-4-5-14(11-13)3-2-10-18-12(17)15-6-8-16-9-7-15/h4-5,11H,2-3,6-10H2,1H3/q+1. The molecule has 0 radical (unpaired) electrons. The van der Waals surface area contributed by atoms with Crippen LogP contribution in [0.25, 0.3) is 0 Å². The summed E-state index contributed by atoms with van der Waals surface area (Å²) in [5, 5.41) is 0. The number of aromatic nitrogens is 2. The van der Waals surface area contributed by atoms with Crippen molar-refractivity contribution in [3.63, 3.8) is 0 Å². The molecule has 0 saturated carbocycles. The summed E-state index contributed by atoms with van der Waals surface area (Å²) in [6.45, 7) is 4.55. The number of imidazole rings is 1. The molecule has 0 N–H and O–H groups in total. The van der Waals surface area contributed by atoms with E-state index < -0.39 is 0 Å². The lowest BCUT2D eigenvalue weighted by Crippen LogP contribution is -2.38. The molecular formula is C12H20N3OS2+. The van der Waals surface area contributed by atoms with Crippen molar-refractivity contribution in [3.05, 3.63) is 18.7 Å². The summed E-state index contributed by atoms with van der Waals surface area (Å²) in [5.74, 6) is 1.08. The summed E-state index contributed by atoms with van der Waals surface area (Å²) in [6.07, 6.45) is 7.41. The molecule has 100 valence electrons. The molecule has 0 aromatic carbocycles. The van der Waals surface area contributed by atoms with Gasteiger partial charge in [-0.05, 0) is 6.42 Å². The average molecular weight is 286 g/mol. The van der Waals surface area contributed by atoms with Crippen molar-refractivity contribution in [3.8, 4) is 0 Å². The third kappa shape index (κ3) is 4.26. The van der Waals surface area contributed by atoms with Gasteiger partial charge < -0.3 is 9.64 Å². The minimum Gasteiger partial charge on any atom is -0.378 e. The Morgan fingerprint density at radius 2 is 2.22 bits per heavy atom. The van der Waals surface area contributed by atoms with Crippen LogP contribution in [0.4, 0.5) is 0 Å². The Kier molecular flexibility index (Phi) is 5.46. The Bertz CT molecular complexity index is 388. The van der Waals surface area contributed by atoms with Gasteiger partial charge in [0.25, 0.3) is 0 Å². The Labute approximate surface area is 118 Å². The van der Waals surface area contributed by atoms with Gasteiger partial charge in [0, 0.05) is 18.8 Å². The fraction of sp³-hybridized carbons (Fsp3) is 0.667. The zero-order valence-electron chi connectivity index (χ0n) is 10.7. The van der Waals surface area contributed by atoms with Crippen LogP contribution in [0.15, 0.2) is 18.7 Å². The van der Waals surface area contributed by atoms with Crippen molar-refractivity contribution in [2.24, 2.45) is 7.05 Å². The van der Waals surface area contributed by atoms with E-state index in [1.807, 2.05) is 7.05 Å². The van der Waals surface area contributed by atoms with Crippen LogP contribution in [0.5, 0.6) is 0 Å². The van der Waals surface area contributed by atoms with Gasteiger partial charge in [0.1, 0.15) is 16.7 Å². The number of thiocarbonyl (C=S) groups is 1. The fourth-order valence-electron chi connectivity index (χ4n) is 1.88. The fourth-order valence-corrected chi connectivity index (χ4v) is 3.12. The smallest absolute Gasteiger partial charge is 0.243 e. The Hall–Kier alpha value is -0.590. The molecule has 1 fully saturated rings. The van der Waals surface area contributed by atoms with Crippen LogP contribution in [0.3, 0.4) is 0 Å². The zero-order valence-corrected chi connectivity index (χ0v) is 12.4. The van der Waals surface area contributed by atoms with Crippen LogP contribution in [-0.2, 0) is 18.3 Å². The molecule has 1 aromatic rings. The Morgan fingerprint density at radius 3 is 2.89 bits per heavy atom. The van der Waals surface area contributed by atoms with Gasteiger partial charge in [-0.1, -0.05) is 24.0 Å². The Balaban J connectivity index is 1.61. The SMILES string of the molecule is C[n+]1ccn(CCCSC(=S)N2CCOCC2)c1. The molecule has 2 rings (SSSR count). The average Bonchev–Trinajstić information content (AvgIpc) is 2.81. The van der Waals surface area contributed by atoms with Crippen LogP contribution in [0.1, 0.15) is 6.42 Å². The van der Waals surface area contributed by atoms with Crippen molar-refractivity contribution in [1.82, 2.24) is 9.47 Å². The topological polar surface area (TPSA) is 21.3 Å². The van der Waals surface area contributed by atoms with Gasteiger partial charge in [-0.25, -0.2) is 9.13 Å². The summed E-state index contributed by atoms with van der Waals surface area (Å²) < 4.78 is 10.6. The van der Waals surface area contributed by atoms with E-state index in [9.17, 15) is 0 Å². The number of rotatable bonds is 4. The molecule has 1 aliphatic rings. The third-order valence-electron chi connectivity index (χ3n) is 2.88. The molecule has 1 saturated heterocycles. The molecule has 0 bridgehead atoms. The lowest BCUT2D eigenvalue weighted by Gasteiger charge is -2.28. The zero-order chi connectivity index (χ0) is 12.8. The number of morpholine rings is 1. The first-order valence-corrected chi connectivity index (χ1v) is 7.65. The summed E-state index contributed by atoms with van der Waals surface area (Å²) in [7, 11) is 2.04. The van der Waals surface area contributed by atoms with Crippen molar-refractivity contribution >= 4 is 28.3 Å². The van der Waals surface area contributed by atoms with Gasteiger partial charge in [0.2, 0.25) is 6.33 Å². The van der Waals surface area contributed by atoms with Gasteiger partial charge in [0.15, 0.2) is 0 Å². The lowest BCUT2D eigenvalue weighted by molar-refractivity contribution is -0.671. The minimum absolute atomic E-state index is 0.806. The largest absolute Gasteiger partial charge is 0.378 e. The van der Waals surface area contributed by atoms with E-state index in [0.29, 0.717) is 0 Å². The Morgan fingerprint density at radius 1 is 1.44 bits per heavy atom. The molecular weight excluding hydrogens is 266 g/mol. The monoisotopic (exact) mass is 286 g/mol. The van der Waals surface area contributed by atoms with Crippen molar-refractivity contribution in [2.45, 2.75) is 13.0 Å². The molecule has 6 heteroatoms.